The summed E-state index contributed by atoms with van der Waals surface area (Å²) in [7, 11) is 0. The minimum Gasteiger partial charge on any atom is -0.444 e. The van der Waals surface area contributed by atoms with Gasteiger partial charge in [-0.05, 0) is 83.8 Å². The SMILES string of the molecule is CC(c1ccc(N2CCC[C@@H](N(CC3(C)CC3)C(=O)OC(C)(C)C)C2)cn1)n1cnc(-c2cncc(N3CCCC3)n2)c1. The van der Waals surface area contributed by atoms with Crippen LogP contribution in [0.2, 0.25) is 0 Å². The van der Waals surface area contributed by atoms with Gasteiger partial charge in [0.1, 0.15) is 22.8 Å². The number of amides is 1. The van der Waals surface area contributed by atoms with Gasteiger partial charge < -0.3 is 24.0 Å². The van der Waals surface area contributed by atoms with E-state index in [-0.39, 0.29) is 23.6 Å². The van der Waals surface area contributed by atoms with Crippen molar-refractivity contribution in [2.24, 2.45) is 5.41 Å². The van der Waals surface area contributed by atoms with Gasteiger partial charge in [-0.2, -0.15) is 0 Å². The second-order valence-corrected chi connectivity index (χ2v) is 13.9. The summed E-state index contributed by atoms with van der Waals surface area (Å²) < 4.78 is 7.93. The molecule has 10 nitrogen and oxygen atoms in total. The second kappa shape index (κ2) is 11.8. The number of rotatable bonds is 8. The zero-order valence-corrected chi connectivity index (χ0v) is 26.4. The van der Waals surface area contributed by atoms with Gasteiger partial charge >= 0.3 is 6.09 Å². The molecule has 2 saturated heterocycles. The third-order valence-corrected chi connectivity index (χ3v) is 9.05. The first-order chi connectivity index (χ1) is 20.6. The van der Waals surface area contributed by atoms with E-state index in [0.717, 1.165) is 74.2 Å². The average molecular weight is 587 g/mol. The Hall–Kier alpha value is -3.69. The van der Waals surface area contributed by atoms with Crippen LogP contribution in [-0.4, -0.2) is 79.9 Å². The first-order valence-corrected chi connectivity index (χ1v) is 15.9. The lowest BCUT2D eigenvalue weighted by Gasteiger charge is -2.41. The number of piperidine rings is 1. The monoisotopic (exact) mass is 586 g/mol. The molecule has 1 amide bonds. The van der Waals surface area contributed by atoms with Crippen molar-refractivity contribution in [3.63, 3.8) is 0 Å². The van der Waals surface area contributed by atoms with Gasteiger partial charge in [-0.3, -0.25) is 9.97 Å². The zero-order chi connectivity index (χ0) is 30.2. The van der Waals surface area contributed by atoms with E-state index in [0.29, 0.717) is 0 Å². The smallest absolute Gasteiger partial charge is 0.410 e. The summed E-state index contributed by atoms with van der Waals surface area (Å²) in [4.78, 5) is 38.7. The summed E-state index contributed by atoms with van der Waals surface area (Å²) in [5, 5.41) is 0. The molecule has 1 aliphatic carbocycles. The molecule has 0 spiro atoms. The first kappa shape index (κ1) is 29.4. The number of imidazole rings is 1. The zero-order valence-electron chi connectivity index (χ0n) is 26.4. The van der Waals surface area contributed by atoms with Crippen LogP contribution in [0.4, 0.5) is 16.3 Å². The molecule has 43 heavy (non-hydrogen) atoms. The van der Waals surface area contributed by atoms with Crippen molar-refractivity contribution in [1.82, 2.24) is 29.4 Å². The fraction of sp³-hybridized carbons (Fsp3) is 0.606. The molecule has 0 aromatic carbocycles. The third-order valence-electron chi connectivity index (χ3n) is 9.05. The van der Waals surface area contributed by atoms with Gasteiger partial charge in [-0.1, -0.05) is 6.92 Å². The number of nitrogens with zero attached hydrogens (tertiary/aromatic N) is 8. The maximum atomic E-state index is 13.3. The highest BCUT2D eigenvalue weighted by Crippen LogP contribution is 2.46. The molecule has 3 fully saturated rings. The second-order valence-electron chi connectivity index (χ2n) is 13.9. The van der Waals surface area contributed by atoms with E-state index in [4.69, 9.17) is 14.7 Å². The summed E-state index contributed by atoms with van der Waals surface area (Å²) in [6, 6.07) is 4.40. The van der Waals surface area contributed by atoms with Gasteiger partial charge in [0.2, 0.25) is 0 Å². The van der Waals surface area contributed by atoms with Crippen molar-refractivity contribution >= 4 is 17.6 Å². The quantitative estimate of drug-likeness (QED) is 0.320. The molecule has 0 bridgehead atoms. The summed E-state index contributed by atoms with van der Waals surface area (Å²) in [5.74, 6) is 0.922. The lowest BCUT2D eigenvalue weighted by Crippen LogP contribution is -2.53. The molecule has 3 aliphatic rings. The molecule has 1 saturated carbocycles. The molecule has 0 N–H and O–H groups in total. The maximum absolute atomic E-state index is 13.3. The standard InChI is InChI=1S/C33H46N8O2/c1-24(40-21-29(36-23-40)28-18-34-19-30(37-28)38-14-6-7-15-38)27-11-10-25(17-35-27)39-16-8-9-26(20-39)41(22-33(5)12-13-33)31(42)43-32(2,3)4/h10-11,17-19,21,23-24,26H,6-9,12-16,20,22H2,1-5H3/t24?,26-/m1/s1. The summed E-state index contributed by atoms with van der Waals surface area (Å²) in [5.41, 5.74) is 3.36. The number of pyridine rings is 1. The van der Waals surface area contributed by atoms with Crippen molar-refractivity contribution in [3.8, 4) is 11.4 Å². The maximum Gasteiger partial charge on any atom is 0.410 e. The number of hydrogen-bond acceptors (Lipinski definition) is 8. The van der Waals surface area contributed by atoms with Gasteiger partial charge in [-0.15, -0.1) is 0 Å². The normalized spacial score (nSPS) is 20.6. The van der Waals surface area contributed by atoms with Crippen LogP contribution in [0, 0.1) is 5.41 Å². The lowest BCUT2D eigenvalue weighted by molar-refractivity contribution is 0.0102. The predicted molar refractivity (Wildman–Crippen MR) is 168 cm³/mol. The number of hydrogen-bond donors (Lipinski definition) is 0. The minimum absolute atomic E-state index is 0.0149. The lowest BCUT2D eigenvalue weighted by atomic mass is 10.0. The van der Waals surface area contributed by atoms with Crippen molar-refractivity contribution in [2.45, 2.75) is 90.8 Å². The molecule has 10 heteroatoms. The molecule has 2 atom stereocenters. The van der Waals surface area contributed by atoms with Gasteiger partial charge in [0, 0.05) is 38.9 Å². The Morgan fingerprint density at radius 3 is 2.51 bits per heavy atom. The van der Waals surface area contributed by atoms with Crippen LogP contribution in [0.3, 0.4) is 0 Å². The average Bonchev–Trinajstić information content (AvgIpc) is 3.38. The van der Waals surface area contributed by atoms with Crippen LogP contribution in [0.1, 0.15) is 84.9 Å². The number of carbonyl (C=O) groups excluding carboxylic acids is 1. The van der Waals surface area contributed by atoms with Crippen LogP contribution < -0.4 is 9.80 Å². The number of ether oxygens (including phenoxy) is 1. The van der Waals surface area contributed by atoms with Crippen molar-refractivity contribution in [3.05, 3.63) is 48.9 Å². The number of anilines is 2. The minimum atomic E-state index is -0.508. The van der Waals surface area contributed by atoms with Crippen molar-refractivity contribution in [1.29, 1.82) is 0 Å². The van der Waals surface area contributed by atoms with Crippen LogP contribution in [0.15, 0.2) is 43.2 Å². The van der Waals surface area contributed by atoms with Crippen LogP contribution >= 0.6 is 0 Å². The van der Waals surface area contributed by atoms with Crippen molar-refractivity contribution in [2.75, 3.05) is 42.5 Å². The summed E-state index contributed by atoms with van der Waals surface area (Å²) in [6.07, 6.45) is 16.0. The van der Waals surface area contributed by atoms with E-state index in [1.165, 1.54) is 25.7 Å². The molecule has 3 aromatic rings. The van der Waals surface area contributed by atoms with Gasteiger partial charge in [0.25, 0.3) is 0 Å². The fourth-order valence-corrected chi connectivity index (χ4v) is 6.13. The molecule has 0 radical (unpaired) electrons. The number of aromatic nitrogens is 5. The molecule has 3 aromatic heterocycles. The Labute approximate surface area is 255 Å². The van der Waals surface area contributed by atoms with E-state index in [2.05, 4.69) is 50.3 Å². The summed E-state index contributed by atoms with van der Waals surface area (Å²) >= 11 is 0. The molecule has 2 aliphatic heterocycles. The first-order valence-electron chi connectivity index (χ1n) is 15.9. The van der Waals surface area contributed by atoms with Crippen LogP contribution in [0.25, 0.3) is 11.4 Å². The van der Waals surface area contributed by atoms with Gasteiger partial charge in [0.15, 0.2) is 0 Å². The Bertz CT molecular complexity index is 1400. The van der Waals surface area contributed by atoms with E-state index in [1.54, 1.807) is 6.20 Å². The number of carbonyl (C=O) groups is 1. The Kier molecular flexibility index (Phi) is 8.04. The van der Waals surface area contributed by atoms with E-state index < -0.39 is 5.60 Å². The molecule has 230 valence electrons. The highest BCUT2D eigenvalue weighted by Gasteiger charge is 2.43. The van der Waals surface area contributed by atoms with E-state index in [1.807, 2.05) is 50.6 Å². The highest BCUT2D eigenvalue weighted by atomic mass is 16.6. The van der Waals surface area contributed by atoms with Gasteiger partial charge in [0.05, 0.1) is 48.4 Å². The van der Waals surface area contributed by atoms with Crippen LogP contribution in [0.5, 0.6) is 0 Å². The summed E-state index contributed by atoms with van der Waals surface area (Å²) in [6.45, 7) is 14.8. The van der Waals surface area contributed by atoms with Gasteiger partial charge in [-0.25, -0.2) is 14.8 Å². The molecule has 5 heterocycles. The molecule has 6 rings (SSSR count). The molecular formula is C33H46N8O2. The Morgan fingerprint density at radius 1 is 1.05 bits per heavy atom. The Morgan fingerprint density at radius 2 is 1.81 bits per heavy atom. The molecular weight excluding hydrogens is 540 g/mol. The largest absolute Gasteiger partial charge is 0.444 e. The van der Waals surface area contributed by atoms with Crippen molar-refractivity contribution < 1.29 is 9.53 Å². The highest BCUT2D eigenvalue weighted by molar-refractivity contribution is 5.69. The fourth-order valence-electron chi connectivity index (χ4n) is 6.13. The van der Waals surface area contributed by atoms with Crippen LogP contribution in [-0.2, 0) is 4.74 Å². The topological polar surface area (TPSA) is 92.5 Å². The molecule has 1 unspecified atom stereocenters. The van der Waals surface area contributed by atoms with E-state index >= 15 is 0 Å². The predicted octanol–water partition coefficient (Wildman–Crippen LogP) is 5.95. The third kappa shape index (κ3) is 6.94. The van der Waals surface area contributed by atoms with E-state index in [9.17, 15) is 4.79 Å². The Balaban J connectivity index is 1.12.